The minimum Gasteiger partial charge on any atom is -0.497 e. The Bertz CT molecular complexity index is 751. The molecule has 0 saturated heterocycles. The molecular formula is C20H29NO4. The Kier molecular flexibility index (Phi) is 7.16. The number of hydrogen-bond acceptors (Lipinski definition) is 4. The minimum atomic E-state index is -0.159. The maximum Gasteiger partial charge on any atom is 0.297 e. The number of fused-ring (bicyclic) bond motifs is 1. The standard InChI is InChI=1S/C20H29NO4/c1-5-6-7-8-9-10-13-21-17-14-15(23-2)11-12-16(17)18(24-3)19(25-4)20(21)22/h11-12,14H,5-10,13H2,1-4H3. The van der Waals surface area contributed by atoms with Crippen molar-refractivity contribution in [1.29, 1.82) is 0 Å². The third kappa shape index (κ3) is 4.27. The molecule has 0 saturated carbocycles. The van der Waals surface area contributed by atoms with E-state index in [1.807, 2.05) is 18.2 Å². The molecule has 0 aliphatic rings. The van der Waals surface area contributed by atoms with E-state index in [0.717, 1.165) is 29.5 Å². The van der Waals surface area contributed by atoms with Crippen LogP contribution in [0.1, 0.15) is 45.4 Å². The van der Waals surface area contributed by atoms with Crippen LogP contribution in [-0.4, -0.2) is 25.9 Å². The summed E-state index contributed by atoms with van der Waals surface area (Å²) in [5.74, 6) is 1.45. The molecule has 1 aromatic heterocycles. The van der Waals surface area contributed by atoms with Crippen LogP contribution in [0.25, 0.3) is 10.9 Å². The van der Waals surface area contributed by atoms with Gasteiger partial charge >= 0.3 is 0 Å². The number of benzene rings is 1. The number of hydrogen-bond donors (Lipinski definition) is 0. The summed E-state index contributed by atoms with van der Waals surface area (Å²) in [6.07, 6.45) is 7.05. The van der Waals surface area contributed by atoms with Gasteiger partial charge in [-0.1, -0.05) is 39.0 Å². The van der Waals surface area contributed by atoms with Crippen LogP contribution in [0, 0.1) is 0 Å². The Labute approximate surface area is 149 Å². The third-order valence-electron chi connectivity index (χ3n) is 4.53. The monoisotopic (exact) mass is 347 g/mol. The number of ether oxygens (including phenoxy) is 3. The second-order valence-corrected chi connectivity index (χ2v) is 6.17. The maximum atomic E-state index is 12.9. The second kappa shape index (κ2) is 9.35. The molecule has 0 aliphatic carbocycles. The van der Waals surface area contributed by atoms with E-state index in [-0.39, 0.29) is 11.3 Å². The number of rotatable bonds is 10. The number of unbranched alkanes of at least 4 members (excludes halogenated alkanes) is 5. The molecule has 2 aromatic rings. The van der Waals surface area contributed by atoms with Crippen LogP contribution in [0.2, 0.25) is 0 Å². The molecule has 0 aliphatic heterocycles. The fourth-order valence-electron chi connectivity index (χ4n) is 3.16. The fourth-order valence-corrected chi connectivity index (χ4v) is 3.16. The first-order chi connectivity index (χ1) is 12.2. The third-order valence-corrected chi connectivity index (χ3v) is 4.53. The Morgan fingerprint density at radius 3 is 2.20 bits per heavy atom. The van der Waals surface area contributed by atoms with Crippen LogP contribution in [0.15, 0.2) is 23.0 Å². The number of pyridine rings is 1. The van der Waals surface area contributed by atoms with Crippen molar-refractivity contribution in [1.82, 2.24) is 4.57 Å². The molecule has 0 fully saturated rings. The summed E-state index contributed by atoms with van der Waals surface area (Å²) in [5.41, 5.74) is 0.657. The van der Waals surface area contributed by atoms with Gasteiger partial charge in [-0.2, -0.15) is 0 Å². The molecule has 5 heteroatoms. The number of nitrogens with zero attached hydrogens (tertiary/aromatic N) is 1. The van der Waals surface area contributed by atoms with Crippen LogP contribution in [0.4, 0.5) is 0 Å². The van der Waals surface area contributed by atoms with Crippen LogP contribution >= 0.6 is 0 Å². The van der Waals surface area contributed by atoms with Crippen LogP contribution in [0.3, 0.4) is 0 Å². The van der Waals surface area contributed by atoms with Gasteiger partial charge in [-0.15, -0.1) is 0 Å². The molecule has 0 N–H and O–H groups in total. The van der Waals surface area contributed by atoms with Gasteiger partial charge < -0.3 is 18.8 Å². The molecule has 0 atom stereocenters. The van der Waals surface area contributed by atoms with Gasteiger partial charge in [-0.3, -0.25) is 4.79 Å². The zero-order valence-corrected chi connectivity index (χ0v) is 15.8. The molecule has 5 nitrogen and oxygen atoms in total. The van der Waals surface area contributed by atoms with Gasteiger partial charge in [0.1, 0.15) is 5.75 Å². The zero-order chi connectivity index (χ0) is 18.2. The Morgan fingerprint density at radius 2 is 1.56 bits per heavy atom. The Hall–Kier alpha value is -2.17. The van der Waals surface area contributed by atoms with Crippen LogP contribution in [-0.2, 0) is 6.54 Å². The van der Waals surface area contributed by atoms with E-state index < -0.39 is 0 Å². The van der Waals surface area contributed by atoms with E-state index in [4.69, 9.17) is 14.2 Å². The highest BCUT2D eigenvalue weighted by atomic mass is 16.5. The SMILES string of the molecule is CCCCCCCCn1c(=O)c(OC)c(OC)c2ccc(OC)cc21. The highest BCUT2D eigenvalue weighted by Crippen LogP contribution is 2.34. The van der Waals surface area contributed by atoms with Gasteiger partial charge in [0.2, 0.25) is 5.75 Å². The summed E-state index contributed by atoms with van der Waals surface area (Å²) >= 11 is 0. The van der Waals surface area contributed by atoms with E-state index in [9.17, 15) is 4.79 Å². The summed E-state index contributed by atoms with van der Waals surface area (Å²) in [7, 11) is 4.68. The average Bonchev–Trinajstić information content (AvgIpc) is 2.64. The van der Waals surface area contributed by atoms with Crippen molar-refractivity contribution in [2.45, 2.75) is 52.0 Å². The molecule has 1 aromatic carbocycles. The number of methoxy groups -OCH3 is 3. The van der Waals surface area contributed by atoms with Crippen molar-refractivity contribution in [3.8, 4) is 17.2 Å². The molecule has 0 bridgehead atoms. The van der Waals surface area contributed by atoms with Gasteiger partial charge in [0.25, 0.3) is 5.56 Å². The average molecular weight is 347 g/mol. The van der Waals surface area contributed by atoms with Gasteiger partial charge in [-0.25, -0.2) is 0 Å². The summed E-state index contributed by atoms with van der Waals surface area (Å²) < 4.78 is 17.9. The molecule has 1 heterocycles. The van der Waals surface area contributed by atoms with Crippen molar-refractivity contribution in [3.63, 3.8) is 0 Å². The van der Waals surface area contributed by atoms with Crippen LogP contribution < -0.4 is 19.8 Å². The highest BCUT2D eigenvalue weighted by Gasteiger charge is 2.18. The normalized spacial score (nSPS) is 10.9. The summed E-state index contributed by atoms with van der Waals surface area (Å²) in [6, 6.07) is 5.66. The van der Waals surface area contributed by atoms with Gasteiger partial charge in [0.15, 0.2) is 5.75 Å². The molecular weight excluding hydrogens is 318 g/mol. The van der Waals surface area contributed by atoms with Crippen molar-refractivity contribution < 1.29 is 14.2 Å². The van der Waals surface area contributed by atoms with E-state index in [2.05, 4.69) is 6.92 Å². The van der Waals surface area contributed by atoms with Crippen molar-refractivity contribution in [3.05, 3.63) is 28.6 Å². The Morgan fingerprint density at radius 1 is 0.880 bits per heavy atom. The maximum absolute atomic E-state index is 12.9. The van der Waals surface area contributed by atoms with Gasteiger partial charge in [0.05, 0.1) is 26.8 Å². The van der Waals surface area contributed by atoms with Crippen molar-refractivity contribution in [2.75, 3.05) is 21.3 Å². The first-order valence-corrected chi connectivity index (χ1v) is 9.00. The number of aromatic nitrogens is 1. The van der Waals surface area contributed by atoms with Gasteiger partial charge in [0, 0.05) is 18.0 Å². The minimum absolute atomic E-state index is 0.159. The molecule has 0 unspecified atom stereocenters. The van der Waals surface area contributed by atoms with E-state index >= 15 is 0 Å². The van der Waals surface area contributed by atoms with E-state index in [1.54, 1.807) is 18.8 Å². The summed E-state index contributed by atoms with van der Waals surface area (Å²) in [4.78, 5) is 12.9. The quantitative estimate of drug-likeness (QED) is 0.598. The smallest absolute Gasteiger partial charge is 0.297 e. The lowest BCUT2D eigenvalue weighted by Gasteiger charge is -2.17. The lowest BCUT2D eigenvalue weighted by atomic mass is 10.1. The van der Waals surface area contributed by atoms with E-state index in [0.29, 0.717) is 12.3 Å². The number of aryl methyl sites for hydroxylation is 1. The second-order valence-electron chi connectivity index (χ2n) is 6.17. The fraction of sp³-hybridized carbons (Fsp3) is 0.550. The first-order valence-electron chi connectivity index (χ1n) is 9.00. The zero-order valence-electron chi connectivity index (χ0n) is 15.8. The molecule has 138 valence electrons. The van der Waals surface area contributed by atoms with Gasteiger partial charge in [-0.05, 0) is 18.6 Å². The molecule has 0 radical (unpaired) electrons. The topological polar surface area (TPSA) is 49.7 Å². The van der Waals surface area contributed by atoms with Crippen molar-refractivity contribution in [2.24, 2.45) is 0 Å². The Balaban J connectivity index is 2.39. The summed E-state index contributed by atoms with van der Waals surface area (Å²) in [6.45, 7) is 2.87. The molecule has 0 amide bonds. The lowest BCUT2D eigenvalue weighted by molar-refractivity contribution is 0.350. The summed E-state index contributed by atoms with van der Waals surface area (Å²) in [5, 5.41) is 0.853. The van der Waals surface area contributed by atoms with Crippen molar-refractivity contribution >= 4 is 10.9 Å². The predicted molar refractivity (Wildman–Crippen MR) is 101 cm³/mol. The molecule has 2 rings (SSSR count). The lowest BCUT2D eigenvalue weighted by Crippen LogP contribution is -2.23. The first kappa shape index (κ1) is 19.2. The highest BCUT2D eigenvalue weighted by molar-refractivity contribution is 5.89. The van der Waals surface area contributed by atoms with E-state index in [1.165, 1.54) is 32.8 Å². The molecule has 25 heavy (non-hydrogen) atoms. The largest absolute Gasteiger partial charge is 0.497 e. The van der Waals surface area contributed by atoms with Crippen LogP contribution in [0.5, 0.6) is 17.2 Å². The predicted octanol–water partition coefficient (Wildman–Crippen LogP) is 4.39. The molecule has 0 spiro atoms.